The zero-order chi connectivity index (χ0) is 23.8. The first-order chi connectivity index (χ1) is 15.9. The van der Waals surface area contributed by atoms with Gasteiger partial charge in [-0.3, -0.25) is 4.79 Å². The molecule has 3 aromatic carbocycles. The third-order valence-electron chi connectivity index (χ3n) is 4.88. The topological polar surface area (TPSA) is 71.4 Å². The van der Waals surface area contributed by atoms with Gasteiger partial charge < -0.3 is 14.8 Å². The minimum absolute atomic E-state index is 0.0270. The normalized spacial score (nSPS) is 10.9. The summed E-state index contributed by atoms with van der Waals surface area (Å²) < 4.78 is 13.1. The van der Waals surface area contributed by atoms with E-state index in [9.17, 15) is 10.1 Å². The molecule has 0 atom stereocenters. The molecular weight excluding hydrogens is 548 g/mol. The number of hydrogen-bond acceptors (Lipinski definition) is 4. The number of aryl methyl sites for hydroxylation is 1. The Morgan fingerprint density at radius 2 is 1.70 bits per heavy atom. The van der Waals surface area contributed by atoms with Gasteiger partial charge in [0.25, 0.3) is 5.91 Å². The Labute approximate surface area is 210 Å². The molecule has 3 aromatic rings. The van der Waals surface area contributed by atoms with E-state index >= 15 is 0 Å². The molecule has 3 rings (SSSR count). The van der Waals surface area contributed by atoms with E-state index in [2.05, 4.69) is 44.1 Å². The van der Waals surface area contributed by atoms with Crippen LogP contribution in [0.15, 0.2) is 75.2 Å². The van der Waals surface area contributed by atoms with Crippen molar-refractivity contribution < 1.29 is 14.3 Å². The standard InChI is InChI=1S/C26H22Br2N2O3/c1-3-17-6-10-22(11-7-17)30-26(31)20(15-29)12-19-13-24(32-2)25(14-23(19)28)33-16-18-4-8-21(27)9-5-18/h4-14H,3,16H2,1-2H3,(H,30,31)/b20-12+. The Hall–Kier alpha value is -3.08. The number of rotatable bonds is 8. The zero-order valence-electron chi connectivity index (χ0n) is 18.2. The number of nitrogens with zero attached hydrogens (tertiary/aromatic N) is 1. The van der Waals surface area contributed by atoms with Crippen molar-refractivity contribution in [2.45, 2.75) is 20.0 Å². The van der Waals surface area contributed by atoms with Gasteiger partial charge in [0.1, 0.15) is 18.2 Å². The second-order valence-electron chi connectivity index (χ2n) is 7.11. The molecule has 0 spiro atoms. The molecular formula is C26H22Br2N2O3. The maximum atomic E-state index is 12.6. The highest BCUT2D eigenvalue weighted by molar-refractivity contribution is 9.10. The van der Waals surface area contributed by atoms with Crippen LogP contribution in [0.2, 0.25) is 0 Å². The molecule has 0 aliphatic carbocycles. The van der Waals surface area contributed by atoms with Crippen LogP contribution in [0.25, 0.3) is 6.08 Å². The van der Waals surface area contributed by atoms with E-state index in [0.717, 1.165) is 16.5 Å². The molecule has 0 radical (unpaired) electrons. The van der Waals surface area contributed by atoms with E-state index in [1.165, 1.54) is 11.6 Å². The van der Waals surface area contributed by atoms with Crippen LogP contribution in [0, 0.1) is 11.3 Å². The number of methoxy groups -OCH3 is 1. The highest BCUT2D eigenvalue weighted by Gasteiger charge is 2.14. The van der Waals surface area contributed by atoms with Gasteiger partial charge in [-0.25, -0.2) is 0 Å². The number of nitriles is 1. The summed E-state index contributed by atoms with van der Waals surface area (Å²) in [5, 5.41) is 12.3. The minimum atomic E-state index is -0.483. The lowest BCUT2D eigenvalue weighted by Gasteiger charge is -2.13. The maximum absolute atomic E-state index is 12.6. The van der Waals surface area contributed by atoms with Crippen molar-refractivity contribution in [1.29, 1.82) is 5.26 Å². The van der Waals surface area contributed by atoms with E-state index in [0.29, 0.717) is 33.8 Å². The molecule has 0 bridgehead atoms. The summed E-state index contributed by atoms with van der Waals surface area (Å²) >= 11 is 6.93. The van der Waals surface area contributed by atoms with Crippen molar-refractivity contribution in [2.24, 2.45) is 0 Å². The summed E-state index contributed by atoms with van der Waals surface area (Å²) in [6.45, 7) is 2.43. The Balaban J connectivity index is 1.79. The van der Waals surface area contributed by atoms with Gasteiger partial charge in [0.2, 0.25) is 0 Å². The van der Waals surface area contributed by atoms with Crippen molar-refractivity contribution in [3.63, 3.8) is 0 Å². The van der Waals surface area contributed by atoms with Crippen molar-refractivity contribution >= 4 is 49.5 Å². The Kier molecular flexibility index (Phi) is 8.70. The van der Waals surface area contributed by atoms with E-state index in [-0.39, 0.29) is 5.57 Å². The largest absolute Gasteiger partial charge is 0.493 e. The molecule has 0 aromatic heterocycles. The quantitative estimate of drug-likeness (QED) is 0.236. The first kappa shape index (κ1) is 24.6. The second-order valence-corrected chi connectivity index (χ2v) is 8.88. The number of nitrogens with one attached hydrogen (secondary N) is 1. The summed E-state index contributed by atoms with van der Waals surface area (Å²) in [5.41, 5.74) is 3.40. The fourth-order valence-corrected chi connectivity index (χ4v) is 3.70. The van der Waals surface area contributed by atoms with Crippen LogP contribution >= 0.6 is 31.9 Å². The third-order valence-corrected chi connectivity index (χ3v) is 6.09. The minimum Gasteiger partial charge on any atom is -0.493 e. The van der Waals surface area contributed by atoms with E-state index in [1.807, 2.05) is 54.6 Å². The number of carbonyl (C=O) groups excluding carboxylic acids is 1. The summed E-state index contributed by atoms with van der Waals surface area (Å²) in [6, 6.07) is 20.8. The Morgan fingerprint density at radius 1 is 1.03 bits per heavy atom. The highest BCUT2D eigenvalue weighted by atomic mass is 79.9. The van der Waals surface area contributed by atoms with Gasteiger partial charge in [-0.15, -0.1) is 0 Å². The van der Waals surface area contributed by atoms with Gasteiger partial charge in [-0.2, -0.15) is 5.26 Å². The van der Waals surface area contributed by atoms with Crippen LogP contribution in [0.4, 0.5) is 5.69 Å². The predicted octanol–water partition coefficient (Wildman–Crippen LogP) is 6.91. The zero-order valence-corrected chi connectivity index (χ0v) is 21.4. The molecule has 168 valence electrons. The van der Waals surface area contributed by atoms with Crippen molar-refractivity contribution in [2.75, 3.05) is 12.4 Å². The number of anilines is 1. The molecule has 0 heterocycles. The Bertz CT molecular complexity index is 1200. The summed E-state index contributed by atoms with van der Waals surface area (Å²) in [6.07, 6.45) is 2.43. The van der Waals surface area contributed by atoms with Crippen LogP contribution in [-0.4, -0.2) is 13.0 Å². The molecule has 0 saturated heterocycles. The van der Waals surface area contributed by atoms with Crippen LogP contribution in [0.1, 0.15) is 23.6 Å². The summed E-state index contributed by atoms with van der Waals surface area (Å²) in [7, 11) is 1.54. The van der Waals surface area contributed by atoms with Crippen molar-refractivity contribution in [3.05, 3.63) is 91.9 Å². The second kappa shape index (κ2) is 11.7. The van der Waals surface area contributed by atoms with Gasteiger partial charge in [-0.05, 0) is 65.6 Å². The fourth-order valence-electron chi connectivity index (χ4n) is 3.00. The van der Waals surface area contributed by atoms with Crippen LogP contribution < -0.4 is 14.8 Å². The van der Waals surface area contributed by atoms with Gasteiger partial charge in [-0.1, -0.05) is 63.0 Å². The molecule has 1 N–H and O–H groups in total. The van der Waals surface area contributed by atoms with Gasteiger partial charge >= 0.3 is 0 Å². The lowest BCUT2D eigenvalue weighted by Crippen LogP contribution is -2.13. The summed E-state index contributed by atoms with van der Waals surface area (Å²) in [4.78, 5) is 12.6. The number of ether oxygens (including phenoxy) is 2. The number of benzene rings is 3. The maximum Gasteiger partial charge on any atom is 0.266 e. The third kappa shape index (κ3) is 6.70. The van der Waals surface area contributed by atoms with E-state index in [4.69, 9.17) is 9.47 Å². The molecule has 0 unspecified atom stereocenters. The Morgan fingerprint density at radius 3 is 2.30 bits per heavy atom. The first-order valence-corrected chi connectivity index (χ1v) is 11.8. The molecule has 0 aliphatic rings. The average molecular weight is 570 g/mol. The smallest absolute Gasteiger partial charge is 0.266 e. The van der Waals surface area contributed by atoms with Crippen LogP contribution in [0.3, 0.4) is 0 Å². The number of amides is 1. The molecule has 33 heavy (non-hydrogen) atoms. The lowest BCUT2D eigenvalue weighted by atomic mass is 10.1. The van der Waals surface area contributed by atoms with Gasteiger partial charge in [0.15, 0.2) is 11.5 Å². The molecule has 0 aliphatic heterocycles. The van der Waals surface area contributed by atoms with E-state index < -0.39 is 5.91 Å². The molecule has 0 fully saturated rings. The fraction of sp³-hybridized carbons (Fsp3) is 0.154. The number of hydrogen-bond donors (Lipinski definition) is 1. The first-order valence-electron chi connectivity index (χ1n) is 10.2. The van der Waals surface area contributed by atoms with E-state index in [1.54, 1.807) is 19.2 Å². The monoisotopic (exact) mass is 568 g/mol. The lowest BCUT2D eigenvalue weighted by molar-refractivity contribution is -0.112. The number of halogens is 2. The SMILES string of the molecule is CCc1ccc(NC(=O)/C(C#N)=C/c2cc(OC)c(OCc3ccc(Br)cc3)cc2Br)cc1. The highest BCUT2D eigenvalue weighted by Crippen LogP contribution is 2.35. The van der Waals surface area contributed by atoms with Crippen molar-refractivity contribution in [1.82, 2.24) is 0 Å². The predicted molar refractivity (Wildman–Crippen MR) is 137 cm³/mol. The number of carbonyl (C=O) groups is 1. The van der Waals surface area contributed by atoms with Gasteiger partial charge in [0, 0.05) is 14.6 Å². The molecule has 7 heteroatoms. The average Bonchev–Trinajstić information content (AvgIpc) is 2.83. The molecule has 0 saturated carbocycles. The summed E-state index contributed by atoms with van der Waals surface area (Å²) in [5.74, 6) is 0.556. The van der Waals surface area contributed by atoms with Gasteiger partial charge in [0.05, 0.1) is 7.11 Å². The molecule has 1 amide bonds. The van der Waals surface area contributed by atoms with Crippen molar-refractivity contribution in [3.8, 4) is 17.6 Å². The van der Waals surface area contributed by atoms with Crippen LogP contribution in [0.5, 0.6) is 11.5 Å². The molecule has 5 nitrogen and oxygen atoms in total. The van der Waals surface area contributed by atoms with Crippen LogP contribution in [-0.2, 0) is 17.8 Å².